The van der Waals surface area contributed by atoms with Gasteiger partial charge in [0.1, 0.15) is 24.7 Å². The molecule has 0 radical (unpaired) electrons. The summed E-state index contributed by atoms with van der Waals surface area (Å²) in [6.45, 7) is 0.870. The highest BCUT2D eigenvalue weighted by molar-refractivity contribution is 7.98. The summed E-state index contributed by atoms with van der Waals surface area (Å²) in [5.41, 5.74) is 1.67. The Morgan fingerprint density at radius 2 is 1.97 bits per heavy atom. The third-order valence-corrected chi connectivity index (χ3v) is 7.95. The molecule has 1 amide bonds. The second-order valence-electron chi connectivity index (χ2n) is 9.05. The van der Waals surface area contributed by atoms with E-state index in [0.29, 0.717) is 18.5 Å². The highest BCUT2D eigenvalue weighted by Gasteiger charge is 2.44. The van der Waals surface area contributed by atoms with Crippen LogP contribution in [0.2, 0.25) is 0 Å². The number of amides is 1. The van der Waals surface area contributed by atoms with Crippen molar-refractivity contribution in [2.24, 2.45) is 0 Å². The van der Waals surface area contributed by atoms with Gasteiger partial charge in [0, 0.05) is 40.6 Å². The van der Waals surface area contributed by atoms with Crippen molar-refractivity contribution in [3.8, 4) is 5.75 Å². The molecular formula is C27H25F2N3O4S. The molecule has 4 aliphatic heterocycles. The van der Waals surface area contributed by atoms with E-state index in [1.807, 2.05) is 41.4 Å². The van der Waals surface area contributed by atoms with Crippen LogP contribution in [0.15, 0.2) is 71.1 Å². The molecule has 0 spiro atoms. The van der Waals surface area contributed by atoms with Gasteiger partial charge in [-0.05, 0) is 24.1 Å². The number of thioether (sulfide) groups is 1. The molecule has 1 fully saturated rings. The average Bonchev–Trinajstić information content (AvgIpc) is 3.05. The fourth-order valence-electron chi connectivity index (χ4n) is 5.15. The van der Waals surface area contributed by atoms with Crippen molar-refractivity contribution in [1.82, 2.24) is 14.9 Å². The molecule has 2 bridgehead atoms. The zero-order valence-corrected chi connectivity index (χ0v) is 20.7. The molecule has 0 saturated carbocycles. The van der Waals surface area contributed by atoms with E-state index in [-0.39, 0.29) is 60.9 Å². The third-order valence-electron chi connectivity index (χ3n) is 6.83. The van der Waals surface area contributed by atoms with Crippen molar-refractivity contribution in [3.05, 3.63) is 94.5 Å². The quantitative estimate of drug-likeness (QED) is 0.503. The number of hydrazine groups is 1. The van der Waals surface area contributed by atoms with Crippen molar-refractivity contribution in [2.75, 3.05) is 33.0 Å². The SMILES string of the molecule is O=C1/C2=C(\O)COC/C=C\N2N2CN1CC/C=C/COc1cc(F)c(F)c3c1[C@H]2c1ccccc1SC3. The number of ether oxygens (including phenoxy) is 2. The number of hydrogen-bond acceptors (Lipinski definition) is 7. The number of benzene rings is 2. The molecule has 192 valence electrons. The van der Waals surface area contributed by atoms with Gasteiger partial charge in [-0.3, -0.25) is 9.80 Å². The van der Waals surface area contributed by atoms with Crippen LogP contribution in [-0.4, -0.2) is 59.0 Å². The van der Waals surface area contributed by atoms with E-state index in [1.54, 1.807) is 22.2 Å². The summed E-state index contributed by atoms with van der Waals surface area (Å²) < 4.78 is 41.7. The molecule has 0 aromatic heterocycles. The lowest BCUT2D eigenvalue weighted by Crippen LogP contribution is -2.58. The minimum atomic E-state index is -0.966. The van der Waals surface area contributed by atoms with Gasteiger partial charge in [-0.1, -0.05) is 30.4 Å². The Balaban J connectivity index is 1.65. The first kappa shape index (κ1) is 24.0. The van der Waals surface area contributed by atoms with Crippen LogP contribution in [0.1, 0.15) is 29.2 Å². The first-order valence-corrected chi connectivity index (χ1v) is 13.0. The summed E-state index contributed by atoms with van der Waals surface area (Å²) in [6, 6.07) is 8.20. The highest BCUT2D eigenvalue weighted by Crippen LogP contribution is 2.48. The standard InChI is InChI=1S/C27H25F2N3O4S/c28-19-13-21-23-18(24(19)29)15-37-22-8-3-2-7-17(22)25(23)32-16-30(9-4-1-5-12-36-21)27(34)26-20(33)14-35-11-6-10-31(26)32/h1-3,5-8,10,13,25,33H,4,9,11-12,14-16H2/b5-1+,10-6-,26-20+/t25-/m1/s1. The van der Waals surface area contributed by atoms with E-state index in [4.69, 9.17) is 9.47 Å². The van der Waals surface area contributed by atoms with Crippen molar-refractivity contribution in [1.29, 1.82) is 0 Å². The van der Waals surface area contributed by atoms with Gasteiger partial charge in [0.15, 0.2) is 17.3 Å². The fraction of sp³-hybridized carbons (Fsp3) is 0.296. The molecule has 1 unspecified atom stereocenters. The Bertz CT molecular complexity index is 1350. The fourth-order valence-corrected chi connectivity index (χ4v) is 6.25. The van der Waals surface area contributed by atoms with Crippen molar-refractivity contribution < 1.29 is 28.2 Å². The van der Waals surface area contributed by atoms with E-state index in [9.17, 15) is 14.3 Å². The number of rotatable bonds is 0. The number of fused-ring (bicyclic) bond motifs is 7. The zero-order valence-electron chi connectivity index (χ0n) is 19.9. The van der Waals surface area contributed by atoms with E-state index in [0.717, 1.165) is 16.5 Å². The van der Waals surface area contributed by atoms with Crippen LogP contribution in [0.3, 0.4) is 0 Å². The maximum Gasteiger partial charge on any atom is 0.276 e. The molecule has 37 heavy (non-hydrogen) atoms. The second-order valence-corrected chi connectivity index (χ2v) is 10.1. The van der Waals surface area contributed by atoms with Gasteiger partial charge in [0.25, 0.3) is 5.91 Å². The van der Waals surface area contributed by atoms with Crippen LogP contribution >= 0.6 is 11.8 Å². The smallest absolute Gasteiger partial charge is 0.276 e. The molecule has 7 nitrogen and oxygen atoms in total. The Hall–Kier alpha value is -3.34. The number of aliphatic hydroxyl groups is 1. The molecule has 4 heterocycles. The van der Waals surface area contributed by atoms with Crippen molar-refractivity contribution in [3.63, 3.8) is 0 Å². The summed E-state index contributed by atoms with van der Waals surface area (Å²) >= 11 is 1.43. The molecule has 2 aromatic rings. The number of carbonyl (C=O) groups is 1. The topological polar surface area (TPSA) is 65.5 Å². The van der Waals surface area contributed by atoms with Crippen molar-refractivity contribution >= 4 is 17.7 Å². The Labute approximate surface area is 217 Å². The second kappa shape index (κ2) is 9.85. The van der Waals surface area contributed by atoms with Crippen LogP contribution in [-0.2, 0) is 15.3 Å². The molecule has 0 aliphatic carbocycles. The maximum absolute atomic E-state index is 15.4. The lowest BCUT2D eigenvalue weighted by Gasteiger charge is -2.48. The Kier molecular flexibility index (Phi) is 6.39. The monoisotopic (exact) mass is 525 g/mol. The van der Waals surface area contributed by atoms with Crippen LogP contribution in [0, 0.1) is 11.6 Å². The van der Waals surface area contributed by atoms with Crippen LogP contribution in [0.25, 0.3) is 0 Å². The maximum atomic E-state index is 15.4. The van der Waals surface area contributed by atoms with Crippen molar-refractivity contribution in [2.45, 2.75) is 23.1 Å². The number of hydrogen-bond donors (Lipinski definition) is 1. The Morgan fingerprint density at radius 3 is 2.86 bits per heavy atom. The van der Waals surface area contributed by atoms with Gasteiger partial charge in [0.05, 0.1) is 19.3 Å². The van der Waals surface area contributed by atoms with Gasteiger partial charge in [0.2, 0.25) is 0 Å². The zero-order chi connectivity index (χ0) is 25.5. The first-order valence-electron chi connectivity index (χ1n) is 12.1. The molecule has 10 heteroatoms. The normalized spacial score (nSPS) is 27.1. The van der Waals surface area contributed by atoms with Crippen LogP contribution in [0.5, 0.6) is 5.75 Å². The summed E-state index contributed by atoms with van der Waals surface area (Å²) in [6.07, 6.45) is 7.71. The summed E-state index contributed by atoms with van der Waals surface area (Å²) in [4.78, 5) is 16.2. The predicted octanol–water partition coefficient (Wildman–Crippen LogP) is 4.63. The minimum absolute atomic E-state index is 0.0734. The number of nitrogens with zero attached hydrogens (tertiary/aromatic N) is 3. The van der Waals surface area contributed by atoms with Gasteiger partial charge >= 0.3 is 0 Å². The van der Waals surface area contributed by atoms with Crippen LogP contribution < -0.4 is 4.74 Å². The summed E-state index contributed by atoms with van der Waals surface area (Å²) in [5, 5.41) is 14.5. The lowest BCUT2D eigenvalue weighted by molar-refractivity contribution is -0.149. The average molecular weight is 526 g/mol. The van der Waals surface area contributed by atoms with Gasteiger partial charge < -0.3 is 19.5 Å². The number of halogens is 2. The molecule has 2 atom stereocenters. The highest BCUT2D eigenvalue weighted by atomic mass is 32.2. The molecule has 1 saturated heterocycles. The largest absolute Gasteiger partial charge is 0.507 e. The van der Waals surface area contributed by atoms with E-state index >= 15 is 4.39 Å². The number of carbonyl (C=O) groups excluding carboxylic acids is 1. The molecule has 4 aliphatic rings. The molecular weight excluding hydrogens is 500 g/mol. The van der Waals surface area contributed by atoms with Gasteiger partial charge in [-0.25, -0.2) is 8.78 Å². The van der Waals surface area contributed by atoms with Crippen LogP contribution in [0.4, 0.5) is 8.78 Å². The summed E-state index contributed by atoms with van der Waals surface area (Å²) in [5.74, 6) is -1.92. The molecule has 2 aromatic carbocycles. The first-order chi connectivity index (χ1) is 18.0. The lowest BCUT2D eigenvalue weighted by atomic mass is 9.92. The van der Waals surface area contributed by atoms with E-state index in [2.05, 4.69) is 0 Å². The minimum Gasteiger partial charge on any atom is -0.507 e. The van der Waals surface area contributed by atoms with E-state index < -0.39 is 17.7 Å². The summed E-state index contributed by atoms with van der Waals surface area (Å²) in [7, 11) is 0. The number of aliphatic hydroxyl groups excluding tert-OH is 1. The van der Waals surface area contributed by atoms with E-state index in [1.165, 1.54) is 11.8 Å². The van der Waals surface area contributed by atoms with Gasteiger partial charge in [-0.2, -0.15) is 5.01 Å². The molecule has 6 rings (SSSR count). The third kappa shape index (κ3) is 4.18. The van der Waals surface area contributed by atoms with Gasteiger partial charge in [-0.15, -0.1) is 11.8 Å². The molecule has 1 N–H and O–H groups in total. The predicted molar refractivity (Wildman–Crippen MR) is 133 cm³/mol. The Morgan fingerprint density at radius 1 is 1.11 bits per heavy atom.